The van der Waals surface area contributed by atoms with Crippen LogP contribution in [0, 0.1) is 0 Å². The zero-order valence-corrected chi connectivity index (χ0v) is 14.0. The Balaban J connectivity index is 1.74. The van der Waals surface area contributed by atoms with E-state index in [9.17, 15) is 13.2 Å². The van der Waals surface area contributed by atoms with Crippen LogP contribution in [0.1, 0.15) is 29.0 Å². The molecule has 6 nitrogen and oxygen atoms in total. The molecule has 0 bridgehead atoms. The van der Waals surface area contributed by atoms with Gasteiger partial charge in [0.2, 0.25) is 0 Å². The van der Waals surface area contributed by atoms with Crippen LogP contribution >= 0.6 is 0 Å². The maximum atomic E-state index is 12.5. The number of carbonyl (C=O) groups is 1. The molecule has 1 aromatic heterocycles. The van der Waals surface area contributed by atoms with Crippen molar-refractivity contribution in [2.24, 2.45) is 0 Å². The topological polar surface area (TPSA) is 88.4 Å². The lowest BCUT2D eigenvalue weighted by atomic mass is 10.1. The van der Waals surface area contributed by atoms with Crippen LogP contribution in [0.25, 0.3) is 0 Å². The maximum Gasteiger partial charge on any atom is 0.287 e. The van der Waals surface area contributed by atoms with E-state index in [0.29, 0.717) is 12.1 Å². The van der Waals surface area contributed by atoms with Gasteiger partial charge in [0.15, 0.2) is 15.6 Å². The number of sulfone groups is 1. The monoisotopic (exact) mass is 348 g/mol. The van der Waals surface area contributed by atoms with Crippen molar-refractivity contribution in [1.82, 2.24) is 10.6 Å². The average Bonchev–Trinajstić information content (AvgIpc) is 3.04. The molecule has 24 heavy (non-hydrogen) atoms. The van der Waals surface area contributed by atoms with E-state index in [-0.39, 0.29) is 28.4 Å². The Morgan fingerprint density at radius 3 is 2.75 bits per heavy atom. The number of piperidine rings is 1. The minimum atomic E-state index is -3.52. The Labute approximate surface area is 141 Å². The van der Waals surface area contributed by atoms with E-state index >= 15 is 0 Å². The molecule has 2 heterocycles. The molecule has 2 aromatic rings. The van der Waals surface area contributed by atoms with Crippen molar-refractivity contribution in [2.45, 2.75) is 29.5 Å². The first-order valence-corrected chi connectivity index (χ1v) is 9.57. The molecule has 0 saturated carbocycles. The van der Waals surface area contributed by atoms with Gasteiger partial charge in [-0.2, -0.15) is 0 Å². The molecule has 0 aliphatic carbocycles. The number of benzene rings is 1. The van der Waals surface area contributed by atoms with Crippen LogP contribution in [0.15, 0.2) is 52.0 Å². The van der Waals surface area contributed by atoms with Gasteiger partial charge in [-0.3, -0.25) is 4.79 Å². The predicted octanol–water partition coefficient (Wildman–Crippen LogP) is 1.74. The lowest BCUT2D eigenvalue weighted by Crippen LogP contribution is -2.45. The SMILES string of the molecule is O=C(N[C@H]1CCCNC1)c1occc1CS(=O)(=O)c1ccccc1. The van der Waals surface area contributed by atoms with E-state index in [4.69, 9.17) is 4.42 Å². The number of rotatable bonds is 5. The highest BCUT2D eigenvalue weighted by atomic mass is 32.2. The van der Waals surface area contributed by atoms with E-state index in [2.05, 4.69) is 10.6 Å². The fourth-order valence-corrected chi connectivity index (χ4v) is 4.17. The molecular weight excluding hydrogens is 328 g/mol. The van der Waals surface area contributed by atoms with E-state index < -0.39 is 9.84 Å². The largest absolute Gasteiger partial charge is 0.459 e. The second kappa shape index (κ2) is 7.19. The summed E-state index contributed by atoms with van der Waals surface area (Å²) >= 11 is 0. The molecular formula is C17H20N2O4S. The highest BCUT2D eigenvalue weighted by Crippen LogP contribution is 2.20. The summed E-state index contributed by atoms with van der Waals surface area (Å²) in [5, 5.41) is 6.12. The second-order valence-corrected chi connectivity index (χ2v) is 7.85. The van der Waals surface area contributed by atoms with E-state index in [1.807, 2.05) is 0 Å². The molecule has 2 N–H and O–H groups in total. The molecule has 7 heteroatoms. The van der Waals surface area contributed by atoms with E-state index in [1.165, 1.54) is 12.3 Å². The minimum absolute atomic E-state index is 0.0370. The van der Waals surface area contributed by atoms with Gasteiger partial charge in [-0.25, -0.2) is 8.42 Å². The molecule has 1 amide bonds. The number of carbonyl (C=O) groups excluding carboxylic acids is 1. The predicted molar refractivity (Wildman–Crippen MR) is 89.4 cm³/mol. The summed E-state index contributed by atoms with van der Waals surface area (Å²) in [6, 6.07) is 9.77. The van der Waals surface area contributed by atoms with Crippen LogP contribution in [-0.4, -0.2) is 33.5 Å². The van der Waals surface area contributed by atoms with Crippen LogP contribution in [0.4, 0.5) is 0 Å². The molecule has 1 saturated heterocycles. The molecule has 1 aliphatic heterocycles. The van der Waals surface area contributed by atoms with Gasteiger partial charge in [-0.1, -0.05) is 18.2 Å². The Bertz CT molecular complexity index is 793. The highest BCUT2D eigenvalue weighted by Gasteiger charge is 2.24. The summed E-state index contributed by atoms with van der Waals surface area (Å²) in [4.78, 5) is 12.6. The minimum Gasteiger partial charge on any atom is -0.459 e. The Morgan fingerprint density at radius 1 is 1.25 bits per heavy atom. The molecule has 0 spiro atoms. The van der Waals surface area contributed by atoms with E-state index in [0.717, 1.165) is 19.4 Å². The van der Waals surface area contributed by atoms with Crippen molar-refractivity contribution in [1.29, 1.82) is 0 Å². The zero-order chi connectivity index (χ0) is 17.0. The first-order valence-electron chi connectivity index (χ1n) is 7.92. The average molecular weight is 348 g/mol. The molecule has 3 rings (SSSR count). The normalized spacial score (nSPS) is 18.2. The number of hydrogen-bond acceptors (Lipinski definition) is 5. The zero-order valence-electron chi connectivity index (χ0n) is 13.2. The maximum absolute atomic E-state index is 12.5. The summed E-state index contributed by atoms with van der Waals surface area (Å²) in [6.45, 7) is 1.66. The van der Waals surface area contributed by atoms with Crippen LogP contribution < -0.4 is 10.6 Å². The van der Waals surface area contributed by atoms with Gasteiger partial charge in [0.25, 0.3) is 5.91 Å². The standard InChI is InChI=1S/C17H20N2O4S/c20-17(19-14-5-4-9-18-11-14)16-13(8-10-23-16)12-24(21,22)15-6-2-1-3-7-15/h1-3,6-8,10,14,18H,4-5,9,11-12H2,(H,19,20)/t14-/m0/s1. The summed E-state index contributed by atoms with van der Waals surface area (Å²) in [6.07, 6.45) is 3.25. The first-order chi connectivity index (χ1) is 11.6. The highest BCUT2D eigenvalue weighted by molar-refractivity contribution is 7.90. The summed E-state index contributed by atoms with van der Waals surface area (Å²) in [5.41, 5.74) is 0.375. The van der Waals surface area contributed by atoms with Gasteiger partial charge in [-0.15, -0.1) is 0 Å². The van der Waals surface area contributed by atoms with Crippen molar-refractivity contribution < 1.29 is 17.6 Å². The second-order valence-electron chi connectivity index (χ2n) is 5.86. The third-order valence-electron chi connectivity index (χ3n) is 4.03. The van der Waals surface area contributed by atoms with Gasteiger partial charge in [-0.05, 0) is 37.6 Å². The van der Waals surface area contributed by atoms with Crippen LogP contribution in [-0.2, 0) is 15.6 Å². The molecule has 0 unspecified atom stereocenters. The summed E-state index contributed by atoms with van der Waals surface area (Å²) in [7, 11) is -3.52. The van der Waals surface area contributed by atoms with Crippen LogP contribution in [0.5, 0.6) is 0 Å². The third kappa shape index (κ3) is 3.85. The van der Waals surface area contributed by atoms with Gasteiger partial charge < -0.3 is 15.1 Å². The molecule has 1 aromatic carbocycles. The fourth-order valence-electron chi connectivity index (χ4n) is 2.79. The molecule has 128 valence electrons. The number of hydrogen-bond donors (Lipinski definition) is 2. The Morgan fingerprint density at radius 2 is 2.04 bits per heavy atom. The van der Waals surface area contributed by atoms with Crippen molar-refractivity contribution in [3.8, 4) is 0 Å². The lowest BCUT2D eigenvalue weighted by Gasteiger charge is -2.23. The van der Waals surface area contributed by atoms with Crippen molar-refractivity contribution in [3.05, 3.63) is 54.0 Å². The molecule has 1 atom stereocenters. The Hall–Kier alpha value is -2.12. The quantitative estimate of drug-likeness (QED) is 0.859. The molecule has 1 fully saturated rings. The third-order valence-corrected chi connectivity index (χ3v) is 5.71. The summed E-state index contributed by atoms with van der Waals surface area (Å²) in [5.74, 6) is -0.564. The number of furan rings is 1. The van der Waals surface area contributed by atoms with Gasteiger partial charge >= 0.3 is 0 Å². The number of nitrogens with one attached hydrogen (secondary N) is 2. The number of amides is 1. The fraction of sp³-hybridized carbons (Fsp3) is 0.353. The summed E-state index contributed by atoms with van der Waals surface area (Å²) < 4.78 is 30.2. The van der Waals surface area contributed by atoms with Gasteiger partial charge in [0.1, 0.15) is 0 Å². The van der Waals surface area contributed by atoms with Gasteiger partial charge in [0, 0.05) is 18.2 Å². The van der Waals surface area contributed by atoms with Crippen LogP contribution in [0.2, 0.25) is 0 Å². The molecule has 1 aliphatic rings. The smallest absolute Gasteiger partial charge is 0.287 e. The van der Waals surface area contributed by atoms with Gasteiger partial charge in [0.05, 0.1) is 16.9 Å². The lowest BCUT2D eigenvalue weighted by molar-refractivity contribution is 0.0901. The molecule has 0 radical (unpaired) electrons. The van der Waals surface area contributed by atoms with Crippen molar-refractivity contribution in [3.63, 3.8) is 0 Å². The van der Waals surface area contributed by atoms with Crippen molar-refractivity contribution >= 4 is 15.7 Å². The first kappa shape index (κ1) is 16.7. The van der Waals surface area contributed by atoms with Crippen LogP contribution in [0.3, 0.4) is 0 Å². The van der Waals surface area contributed by atoms with Crippen molar-refractivity contribution in [2.75, 3.05) is 13.1 Å². The Kier molecular flexibility index (Phi) is 5.01. The van der Waals surface area contributed by atoms with E-state index in [1.54, 1.807) is 30.3 Å².